The molecule has 0 radical (unpaired) electrons. The summed E-state index contributed by atoms with van der Waals surface area (Å²) in [5, 5.41) is 0. The minimum Gasteiger partial charge on any atom is -0.494 e. The molecule has 0 spiro atoms. The highest BCUT2D eigenvalue weighted by Crippen LogP contribution is 2.22. The van der Waals surface area contributed by atoms with Gasteiger partial charge in [0.25, 0.3) is 0 Å². The molecule has 0 aliphatic carbocycles. The first-order valence-corrected chi connectivity index (χ1v) is 6.21. The Balaban J connectivity index is 0.00000256. The van der Waals surface area contributed by atoms with Crippen LogP contribution in [0, 0.1) is 0 Å². The lowest BCUT2D eigenvalue weighted by atomic mass is 10.0. The monoisotopic (exact) mass is 257 g/mol. The van der Waals surface area contributed by atoms with E-state index in [0.29, 0.717) is 6.61 Å². The molecule has 0 bridgehead atoms. The smallest absolute Gasteiger partial charge is 0.122 e. The third-order valence-corrected chi connectivity index (χ3v) is 2.84. The number of hydrogen-bond donors (Lipinski definition) is 1. The van der Waals surface area contributed by atoms with Crippen LogP contribution >= 0.6 is 12.4 Å². The van der Waals surface area contributed by atoms with Gasteiger partial charge in [0.1, 0.15) is 5.75 Å². The quantitative estimate of drug-likeness (QED) is 0.848. The first kappa shape index (κ1) is 16.3. The van der Waals surface area contributed by atoms with Crippen LogP contribution in [0.5, 0.6) is 5.75 Å². The van der Waals surface area contributed by atoms with E-state index in [2.05, 4.69) is 32.0 Å². The number of rotatable bonds is 6. The average molecular weight is 258 g/mol. The van der Waals surface area contributed by atoms with Gasteiger partial charge < -0.3 is 10.5 Å². The molecule has 17 heavy (non-hydrogen) atoms. The zero-order valence-corrected chi connectivity index (χ0v) is 11.8. The van der Waals surface area contributed by atoms with Crippen molar-refractivity contribution in [1.29, 1.82) is 0 Å². The molecule has 98 valence electrons. The summed E-state index contributed by atoms with van der Waals surface area (Å²) in [6, 6.07) is 6.65. The summed E-state index contributed by atoms with van der Waals surface area (Å²) in [5.41, 5.74) is 8.60. The third-order valence-electron chi connectivity index (χ3n) is 2.84. The Hall–Kier alpha value is -0.730. The van der Waals surface area contributed by atoms with Crippen molar-refractivity contribution in [3.8, 4) is 5.75 Å². The van der Waals surface area contributed by atoms with E-state index in [1.807, 2.05) is 6.92 Å². The second-order valence-electron chi connectivity index (χ2n) is 4.10. The molecule has 1 unspecified atom stereocenters. The highest BCUT2D eigenvalue weighted by molar-refractivity contribution is 5.85. The third kappa shape index (κ3) is 4.97. The van der Waals surface area contributed by atoms with Crippen LogP contribution in [0.2, 0.25) is 0 Å². The van der Waals surface area contributed by atoms with Crippen molar-refractivity contribution in [1.82, 2.24) is 0 Å². The van der Waals surface area contributed by atoms with Gasteiger partial charge in [-0.15, -0.1) is 12.4 Å². The Labute approximate surface area is 111 Å². The van der Waals surface area contributed by atoms with Crippen LogP contribution in [0.4, 0.5) is 0 Å². The zero-order chi connectivity index (χ0) is 12.0. The Kier molecular flexibility index (Phi) is 8.01. The van der Waals surface area contributed by atoms with Gasteiger partial charge in [-0.2, -0.15) is 0 Å². The standard InChI is InChI=1S/C14H23NO.ClH/c1-4-11-7-8-14(16-6-3)12(9-11)10-13(15)5-2;/h7-9,13H,4-6,10,15H2,1-3H3;1H. The maximum atomic E-state index is 6.01. The minimum atomic E-state index is 0. The van der Waals surface area contributed by atoms with Gasteiger partial charge in [-0.1, -0.05) is 26.0 Å². The van der Waals surface area contributed by atoms with E-state index in [1.165, 1.54) is 11.1 Å². The largest absolute Gasteiger partial charge is 0.494 e. The van der Waals surface area contributed by atoms with Crippen molar-refractivity contribution >= 4 is 12.4 Å². The van der Waals surface area contributed by atoms with Crippen molar-refractivity contribution in [3.05, 3.63) is 29.3 Å². The number of benzene rings is 1. The van der Waals surface area contributed by atoms with Crippen LogP contribution in [-0.4, -0.2) is 12.6 Å². The molecule has 2 N–H and O–H groups in total. The van der Waals surface area contributed by atoms with E-state index in [1.54, 1.807) is 0 Å². The van der Waals surface area contributed by atoms with Crippen LogP contribution < -0.4 is 10.5 Å². The van der Waals surface area contributed by atoms with E-state index in [-0.39, 0.29) is 18.4 Å². The summed E-state index contributed by atoms with van der Waals surface area (Å²) in [6.07, 6.45) is 2.96. The SMILES string of the molecule is CCOc1ccc(CC)cc1CC(N)CC.Cl. The second kappa shape index (κ2) is 8.37. The Morgan fingerprint density at radius 2 is 1.94 bits per heavy atom. The molecule has 1 rings (SSSR count). The summed E-state index contributed by atoms with van der Waals surface area (Å²) in [6.45, 7) is 7.00. The van der Waals surface area contributed by atoms with Crippen LogP contribution in [0.25, 0.3) is 0 Å². The topological polar surface area (TPSA) is 35.2 Å². The predicted molar refractivity (Wildman–Crippen MR) is 76.2 cm³/mol. The maximum absolute atomic E-state index is 6.01. The molecule has 0 aliphatic heterocycles. The molecule has 0 fully saturated rings. The normalized spacial score (nSPS) is 11.8. The molecule has 1 aromatic rings. The number of ether oxygens (including phenoxy) is 1. The van der Waals surface area contributed by atoms with Gasteiger partial charge in [0.15, 0.2) is 0 Å². The predicted octanol–water partition coefficient (Wildman–Crippen LogP) is 3.35. The summed E-state index contributed by atoms with van der Waals surface area (Å²) in [5.74, 6) is 0.989. The second-order valence-corrected chi connectivity index (χ2v) is 4.10. The molecule has 0 heterocycles. The first-order valence-electron chi connectivity index (χ1n) is 6.21. The fraction of sp³-hybridized carbons (Fsp3) is 0.571. The van der Waals surface area contributed by atoms with E-state index in [9.17, 15) is 0 Å². The molecule has 2 nitrogen and oxygen atoms in total. The summed E-state index contributed by atoms with van der Waals surface area (Å²) in [4.78, 5) is 0. The van der Waals surface area contributed by atoms with Gasteiger partial charge in [-0.3, -0.25) is 0 Å². The van der Waals surface area contributed by atoms with Gasteiger partial charge in [0.05, 0.1) is 6.61 Å². The lowest BCUT2D eigenvalue weighted by molar-refractivity contribution is 0.335. The van der Waals surface area contributed by atoms with Gasteiger partial charge in [0.2, 0.25) is 0 Å². The highest BCUT2D eigenvalue weighted by Gasteiger charge is 2.08. The fourth-order valence-corrected chi connectivity index (χ4v) is 1.74. The van der Waals surface area contributed by atoms with Crippen molar-refractivity contribution in [3.63, 3.8) is 0 Å². The number of hydrogen-bond acceptors (Lipinski definition) is 2. The molecular formula is C14H24ClNO. The van der Waals surface area contributed by atoms with Crippen molar-refractivity contribution in [2.75, 3.05) is 6.61 Å². The molecule has 0 saturated heterocycles. The Morgan fingerprint density at radius 1 is 1.24 bits per heavy atom. The molecule has 0 aliphatic rings. The van der Waals surface area contributed by atoms with E-state index in [4.69, 9.17) is 10.5 Å². The minimum absolute atomic E-state index is 0. The number of aryl methyl sites for hydroxylation is 1. The van der Waals surface area contributed by atoms with Crippen LogP contribution in [0.3, 0.4) is 0 Å². The van der Waals surface area contributed by atoms with Crippen molar-refractivity contribution < 1.29 is 4.74 Å². The van der Waals surface area contributed by atoms with Gasteiger partial charge >= 0.3 is 0 Å². The maximum Gasteiger partial charge on any atom is 0.122 e. The Bertz CT molecular complexity index is 328. The molecule has 1 atom stereocenters. The Morgan fingerprint density at radius 3 is 2.47 bits per heavy atom. The van der Waals surface area contributed by atoms with Gasteiger partial charge in [-0.25, -0.2) is 0 Å². The molecule has 3 heteroatoms. The van der Waals surface area contributed by atoms with E-state index < -0.39 is 0 Å². The highest BCUT2D eigenvalue weighted by atomic mass is 35.5. The fourth-order valence-electron chi connectivity index (χ4n) is 1.74. The zero-order valence-electron chi connectivity index (χ0n) is 11.0. The van der Waals surface area contributed by atoms with E-state index >= 15 is 0 Å². The molecule has 0 amide bonds. The average Bonchev–Trinajstić information content (AvgIpc) is 2.31. The van der Waals surface area contributed by atoms with E-state index in [0.717, 1.165) is 25.0 Å². The van der Waals surface area contributed by atoms with Crippen molar-refractivity contribution in [2.45, 2.75) is 46.1 Å². The summed E-state index contributed by atoms with van der Waals surface area (Å²) in [7, 11) is 0. The molecule has 1 aromatic carbocycles. The van der Waals surface area contributed by atoms with Crippen LogP contribution in [-0.2, 0) is 12.8 Å². The van der Waals surface area contributed by atoms with Gasteiger partial charge in [0, 0.05) is 6.04 Å². The van der Waals surface area contributed by atoms with Crippen molar-refractivity contribution in [2.24, 2.45) is 5.73 Å². The first-order chi connectivity index (χ1) is 7.71. The molecule has 0 aromatic heterocycles. The lowest BCUT2D eigenvalue weighted by Gasteiger charge is -2.14. The summed E-state index contributed by atoms with van der Waals surface area (Å²) < 4.78 is 5.63. The van der Waals surface area contributed by atoms with Gasteiger partial charge in [-0.05, 0) is 43.4 Å². The van der Waals surface area contributed by atoms with Crippen LogP contribution in [0.15, 0.2) is 18.2 Å². The summed E-state index contributed by atoms with van der Waals surface area (Å²) >= 11 is 0. The number of nitrogens with two attached hydrogens (primary N) is 1. The molecular weight excluding hydrogens is 234 g/mol. The number of halogens is 1. The van der Waals surface area contributed by atoms with Crippen LogP contribution in [0.1, 0.15) is 38.3 Å². The lowest BCUT2D eigenvalue weighted by Crippen LogP contribution is -2.21. The molecule has 0 saturated carbocycles.